The van der Waals surface area contributed by atoms with E-state index in [2.05, 4.69) is 5.32 Å². The highest BCUT2D eigenvalue weighted by Gasteiger charge is 2.11. The molecule has 104 valence electrons. The molecule has 1 N–H and O–H groups in total. The molecular weight excluding hydrogens is 260 g/mol. The van der Waals surface area contributed by atoms with Crippen molar-refractivity contribution in [2.75, 3.05) is 6.54 Å². The third kappa shape index (κ3) is 3.63. The smallest absolute Gasteiger partial charge is 0.254 e. The molecule has 0 aliphatic carbocycles. The first kappa shape index (κ1) is 14.2. The van der Waals surface area contributed by atoms with Gasteiger partial charge in [0.2, 0.25) is 0 Å². The molecule has 0 fully saturated rings. The highest BCUT2D eigenvalue weighted by Crippen LogP contribution is 2.10. The summed E-state index contributed by atoms with van der Waals surface area (Å²) in [5.41, 5.74) is 1.64. The van der Waals surface area contributed by atoms with Gasteiger partial charge in [-0.3, -0.25) is 4.79 Å². The standard InChI is InChI=1S/C16H15F2NO/c1-11-5-6-15(18)14(9-11)16(20)19-8-7-12-3-2-4-13(17)10-12/h2-6,9-10H,7-8H2,1H3,(H,19,20). The van der Waals surface area contributed by atoms with Crippen LogP contribution in [0.4, 0.5) is 8.78 Å². The first-order chi connectivity index (χ1) is 9.56. The van der Waals surface area contributed by atoms with Gasteiger partial charge in [0.05, 0.1) is 5.56 Å². The van der Waals surface area contributed by atoms with Crippen LogP contribution in [-0.4, -0.2) is 12.5 Å². The molecule has 0 bridgehead atoms. The van der Waals surface area contributed by atoms with E-state index >= 15 is 0 Å². The summed E-state index contributed by atoms with van der Waals surface area (Å²) >= 11 is 0. The van der Waals surface area contributed by atoms with Crippen LogP contribution in [-0.2, 0) is 6.42 Å². The van der Waals surface area contributed by atoms with Gasteiger partial charge < -0.3 is 5.32 Å². The van der Waals surface area contributed by atoms with Gasteiger partial charge in [0, 0.05) is 6.54 Å². The minimum atomic E-state index is -0.543. The Morgan fingerprint density at radius 1 is 1.15 bits per heavy atom. The minimum Gasteiger partial charge on any atom is -0.352 e. The number of hydrogen-bond donors (Lipinski definition) is 1. The van der Waals surface area contributed by atoms with Gasteiger partial charge in [-0.15, -0.1) is 0 Å². The summed E-state index contributed by atoms with van der Waals surface area (Å²) in [7, 11) is 0. The summed E-state index contributed by atoms with van der Waals surface area (Å²) < 4.78 is 26.5. The summed E-state index contributed by atoms with van der Waals surface area (Å²) in [5.74, 6) is -1.31. The number of nitrogens with one attached hydrogen (secondary N) is 1. The molecule has 0 saturated carbocycles. The van der Waals surface area contributed by atoms with Gasteiger partial charge in [0.15, 0.2) is 0 Å². The second-order valence-corrected chi connectivity index (χ2v) is 4.62. The number of aryl methyl sites for hydroxylation is 1. The highest BCUT2D eigenvalue weighted by atomic mass is 19.1. The van der Waals surface area contributed by atoms with Crippen molar-refractivity contribution < 1.29 is 13.6 Å². The van der Waals surface area contributed by atoms with Crippen molar-refractivity contribution in [3.05, 3.63) is 70.8 Å². The van der Waals surface area contributed by atoms with Crippen molar-refractivity contribution in [2.45, 2.75) is 13.3 Å². The Bertz CT molecular complexity index is 626. The van der Waals surface area contributed by atoms with Gasteiger partial charge in [-0.05, 0) is 43.2 Å². The molecule has 0 aliphatic heterocycles. The Balaban J connectivity index is 1.94. The highest BCUT2D eigenvalue weighted by molar-refractivity contribution is 5.94. The van der Waals surface area contributed by atoms with Crippen LogP contribution in [0, 0.1) is 18.6 Å². The fourth-order valence-corrected chi connectivity index (χ4v) is 1.92. The molecule has 0 unspecified atom stereocenters. The molecule has 0 aliphatic rings. The Labute approximate surface area is 116 Å². The lowest BCUT2D eigenvalue weighted by Crippen LogP contribution is -2.26. The number of halogens is 2. The Kier molecular flexibility index (Phi) is 4.45. The van der Waals surface area contributed by atoms with Gasteiger partial charge >= 0.3 is 0 Å². The fourth-order valence-electron chi connectivity index (χ4n) is 1.92. The average Bonchev–Trinajstić information content (AvgIpc) is 2.41. The molecule has 0 heterocycles. The molecule has 2 nitrogen and oxygen atoms in total. The summed E-state index contributed by atoms with van der Waals surface area (Å²) in [6.07, 6.45) is 0.497. The van der Waals surface area contributed by atoms with Crippen molar-refractivity contribution in [2.24, 2.45) is 0 Å². The largest absolute Gasteiger partial charge is 0.352 e. The molecule has 2 aromatic carbocycles. The Hall–Kier alpha value is -2.23. The number of rotatable bonds is 4. The number of amides is 1. The zero-order valence-electron chi connectivity index (χ0n) is 11.1. The zero-order chi connectivity index (χ0) is 14.5. The summed E-state index contributed by atoms with van der Waals surface area (Å²) in [5, 5.41) is 2.63. The molecular formula is C16H15F2NO. The van der Waals surface area contributed by atoms with Crippen LogP contribution in [0.15, 0.2) is 42.5 Å². The second kappa shape index (κ2) is 6.28. The van der Waals surface area contributed by atoms with Crippen molar-refractivity contribution in [3.8, 4) is 0 Å². The molecule has 2 rings (SSSR count). The van der Waals surface area contributed by atoms with E-state index in [4.69, 9.17) is 0 Å². The van der Waals surface area contributed by atoms with E-state index in [1.807, 2.05) is 0 Å². The first-order valence-corrected chi connectivity index (χ1v) is 6.35. The molecule has 4 heteroatoms. The van der Waals surface area contributed by atoms with Crippen LogP contribution in [0.5, 0.6) is 0 Å². The maximum atomic E-state index is 13.5. The van der Waals surface area contributed by atoms with Crippen LogP contribution in [0.3, 0.4) is 0 Å². The lowest BCUT2D eigenvalue weighted by molar-refractivity contribution is 0.0950. The molecule has 1 amide bonds. The maximum absolute atomic E-state index is 13.5. The van der Waals surface area contributed by atoms with Gasteiger partial charge in [0.25, 0.3) is 5.91 Å². The third-order valence-electron chi connectivity index (χ3n) is 2.95. The van der Waals surface area contributed by atoms with Crippen molar-refractivity contribution in [1.29, 1.82) is 0 Å². The zero-order valence-corrected chi connectivity index (χ0v) is 11.1. The summed E-state index contributed by atoms with van der Waals surface area (Å²) in [6, 6.07) is 10.6. The van der Waals surface area contributed by atoms with Crippen LogP contribution < -0.4 is 5.32 Å². The maximum Gasteiger partial charge on any atom is 0.254 e. The molecule has 20 heavy (non-hydrogen) atoms. The summed E-state index contributed by atoms with van der Waals surface area (Å²) in [6.45, 7) is 2.12. The van der Waals surface area contributed by atoms with E-state index in [-0.39, 0.29) is 11.4 Å². The van der Waals surface area contributed by atoms with Gasteiger partial charge in [-0.1, -0.05) is 23.8 Å². The van der Waals surface area contributed by atoms with Crippen LogP contribution in [0.2, 0.25) is 0 Å². The minimum absolute atomic E-state index is 0.0317. The number of hydrogen-bond acceptors (Lipinski definition) is 1. The number of carbonyl (C=O) groups is 1. The van der Waals surface area contributed by atoms with Crippen LogP contribution in [0.1, 0.15) is 21.5 Å². The van der Waals surface area contributed by atoms with Crippen LogP contribution >= 0.6 is 0 Å². The lowest BCUT2D eigenvalue weighted by Gasteiger charge is -2.07. The van der Waals surface area contributed by atoms with E-state index in [0.29, 0.717) is 13.0 Å². The Morgan fingerprint density at radius 3 is 2.70 bits per heavy atom. The normalized spacial score (nSPS) is 10.3. The third-order valence-corrected chi connectivity index (χ3v) is 2.95. The fraction of sp³-hybridized carbons (Fsp3) is 0.188. The summed E-state index contributed by atoms with van der Waals surface area (Å²) in [4.78, 5) is 11.8. The molecule has 0 saturated heterocycles. The lowest BCUT2D eigenvalue weighted by atomic mass is 10.1. The van der Waals surface area contributed by atoms with Gasteiger partial charge in [-0.2, -0.15) is 0 Å². The number of carbonyl (C=O) groups excluding carboxylic acids is 1. The monoisotopic (exact) mass is 275 g/mol. The van der Waals surface area contributed by atoms with E-state index in [1.165, 1.54) is 24.3 Å². The van der Waals surface area contributed by atoms with Crippen LogP contribution in [0.25, 0.3) is 0 Å². The molecule has 0 aromatic heterocycles. The SMILES string of the molecule is Cc1ccc(F)c(C(=O)NCCc2cccc(F)c2)c1. The van der Waals surface area contributed by atoms with Crippen molar-refractivity contribution in [3.63, 3.8) is 0 Å². The molecule has 2 aromatic rings. The molecule has 0 spiro atoms. The van der Waals surface area contributed by atoms with Crippen molar-refractivity contribution >= 4 is 5.91 Å². The average molecular weight is 275 g/mol. The van der Waals surface area contributed by atoms with E-state index < -0.39 is 11.7 Å². The topological polar surface area (TPSA) is 29.1 Å². The quantitative estimate of drug-likeness (QED) is 0.911. The number of benzene rings is 2. The van der Waals surface area contributed by atoms with Gasteiger partial charge in [-0.25, -0.2) is 8.78 Å². The van der Waals surface area contributed by atoms with Gasteiger partial charge in [0.1, 0.15) is 11.6 Å². The molecule has 0 radical (unpaired) electrons. The predicted octanol–water partition coefficient (Wildman–Crippen LogP) is 3.25. The van der Waals surface area contributed by atoms with E-state index in [1.54, 1.807) is 25.1 Å². The molecule has 0 atom stereocenters. The van der Waals surface area contributed by atoms with E-state index in [9.17, 15) is 13.6 Å². The second-order valence-electron chi connectivity index (χ2n) is 4.62. The van der Waals surface area contributed by atoms with E-state index in [0.717, 1.165) is 11.1 Å². The predicted molar refractivity (Wildman–Crippen MR) is 73.6 cm³/mol. The van der Waals surface area contributed by atoms with Crippen molar-refractivity contribution in [1.82, 2.24) is 5.32 Å². The first-order valence-electron chi connectivity index (χ1n) is 6.35. The Morgan fingerprint density at radius 2 is 1.95 bits per heavy atom.